The summed E-state index contributed by atoms with van der Waals surface area (Å²) in [6.45, 7) is 0. The Labute approximate surface area is 111 Å². The molecule has 0 amide bonds. The summed E-state index contributed by atoms with van der Waals surface area (Å²) in [5, 5.41) is 7.83. The van der Waals surface area contributed by atoms with Crippen molar-refractivity contribution in [3.8, 4) is 0 Å². The second-order valence-corrected chi connectivity index (χ2v) is 5.38. The fourth-order valence-electron chi connectivity index (χ4n) is 3.41. The summed E-state index contributed by atoms with van der Waals surface area (Å²) in [5.74, 6) is 0.318. The molecule has 0 saturated heterocycles. The van der Waals surface area contributed by atoms with Crippen molar-refractivity contribution in [2.24, 2.45) is 5.73 Å². The minimum Gasteiger partial charge on any atom is -0.370 e. The third kappa shape index (κ3) is 3.77. The average Bonchev–Trinajstić information content (AvgIpc) is 2.31. The molecule has 0 aromatic carbocycles. The lowest BCUT2D eigenvalue weighted by Crippen LogP contribution is -2.51. The van der Waals surface area contributed by atoms with Crippen molar-refractivity contribution in [1.29, 1.82) is 5.41 Å². The quantitative estimate of drug-likeness (QED) is 0.591. The lowest BCUT2D eigenvalue weighted by molar-refractivity contribution is 0.155. The number of nitrogens with zero attached hydrogens (tertiary/aromatic N) is 1. The van der Waals surface area contributed by atoms with Crippen LogP contribution in [0.25, 0.3) is 0 Å². The van der Waals surface area contributed by atoms with Crippen LogP contribution in [0.15, 0.2) is 0 Å². The highest BCUT2D eigenvalue weighted by Crippen LogP contribution is 2.29. The Hall–Kier alpha value is -0.440. The van der Waals surface area contributed by atoms with Gasteiger partial charge in [0.2, 0.25) is 0 Å². The summed E-state index contributed by atoms with van der Waals surface area (Å²) in [7, 11) is 0. The summed E-state index contributed by atoms with van der Waals surface area (Å²) < 4.78 is 0. The monoisotopic (exact) mass is 259 g/mol. The standard InChI is InChI=1S/C13H25N3.ClH/c14-13(15)16(11-7-3-1-4-8-11)12-9-5-2-6-10-12;/h11-12H,1-10H2,(H3,14,15);1H. The van der Waals surface area contributed by atoms with Gasteiger partial charge in [-0.05, 0) is 25.7 Å². The van der Waals surface area contributed by atoms with Crippen LogP contribution in [0.4, 0.5) is 0 Å². The van der Waals surface area contributed by atoms with E-state index in [0.717, 1.165) is 0 Å². The van der Waals surface area contributed by atoms with Crippen molar-refractivity contribution in [2.75, 3.05) is 0 Å². The summed E-state index contributed by atoms with van der Waals surface area (Å²) >= 11 is 0. The second kappa shape index (κ2) is 7.10. The normalized spacial score (nSPS) is 22.8. The van der Waals surface area contributed by atoms with E-state index in [1.807, 2.05) is 0 Å². The second-order valence-electron chi connectivity index (χ2n) is 5.38. The van der Waals surface area contributed by atoms with E-state index < -0.39 is 0 Å². The molecule has 0 aliphatic heterocycles. The number of hydrogen-bond donors (Lipinski definition) is 2. The molecule has 0 aromatic heterocycles. The largest absolute Gasteiger partial charge is 0.370 e. The SMILES string of the molecule is Cl.N=C(N)N(C1CCCCC1)C1CCCCC1. The molecule has 0 atom stereocenters. The third-order valence-electron chi connectivity index (χ3n) is 4.21. The van der Waals surface area contributed by atoms with Crippen LogP contribution in [0.5, 0.6) is 0 Å². The fourth-order valence-corrected chi connectivity index (χ4v) is 3.41. The van der Waals surface area contributed by atoms with Crippen molar-refractivity contribution in [3.05, 3.63) is 0 Å². The van der Waals surface area contributed by atoms with Crippen molar-refractivity contribution in [3.63, 3.8) is 0 Å². The van der Waals surface area contributed by atoms with E-state index in [1.54, 1.807) is 0 Å². The molecule has 2 rings (SSSR count). The Morgan fingerprint density at radius 2 is 1.18 bits per heavy atom. The first kappa shape index (κ1) is 14.6. The molecule has 100 valence electrons. The van der Waals surface area contributed by atoms with Crippen LogP contribution in [0.3, 0.4) is 0 Å². The van der Waals surface area contributed by atoms with E-state index in [1.165, 1.54) is 64.2 Å². The zero-order chi connectivity index (χ0) is 11.4. The highest BCUT2D eigenvalue weighted by Gasteiger charge is 2.29. The van der Waals surface area contributed by atoms with E-state index in [4.69, 9.17) is 11.1 Å². The minimum atomic E-state index is 0. The van der Waals surface area contributed by atoms with Crippen LogP contribution in [0.2, 0.25) is 0 Å². The van der Waals surface area contributed by atoms with E-state index in [2.05, 4.69) is 4.90 Å². The highest BCUT2D eigenvalue weighted by atomic mass is 35.5. The molecule has 0 bridgehead atoms. The summed E-state index contributed by atoms with van der Waals surface area (Å²) in [5.41, 5.74) is 5.81. The van der Waals surface area contributed by atoms with Crippen LogP contribution in [-0.2, 0) is 0 Å². The van der Waals surface area contributed by atoms with Crippen LogP contribution in [-0.4, -0.2) is 22.9 Å². The van der Waals surface area contributed by atoms with Crippen molar-refractivity contribution in [1.82, 2.24) is 4.90 Å². The number of rotatable bonds is 2. The predicted molar refractivity (Wildman–Crippen MR) is 74.7 cm³/mol. The molecule has 0 radical (unpaired) electrons. The van der Waals surface area contributed by atoms with Gasteiger partial charge < -0.3 is 10.6 Å². The smallest absolute Gasteiger partial charge is 0.188 e. The first-order chi connectivity index (χ1) is 7.79. The zero-order valence-electron chi connectivity index (χ0n) is 10.7. The molecule has 2 aliphatic rings. The molecule has 0 aromatic rings. The third-order valence-corrected chi connectivity index (χ3v) is 4.21. The lowest BCUT2D eigenvalue weighted by atomic mass is 9.89. The summed E-state index contributed by atoms with van der Waals surface area (Å²) in [6, 6.07) is 1.13. The molecule has 0 heterocycles. The summed E-state index contributed by atoms with van der Waals surface area (Å²) in [4.78, 5) is 2.25. The first-order valence-corrected chi connectivity index (χ1v) is 6.91. The Morgan fingerprint density at radius 3 is 1.47 bits per heavy atom. The van der Waals surface area contributed by atoms with Crippen molar-refractivity contribution in [2.45, 2.75) is 76.3 Å². The molecule has 2 fully saturated rings. The van der Waals surface area contributed by atoms with Gasteiger partial charge in [0, 0.05) is 12.1 Å². The Balaban J connectivity index is 0.00000144. The maximum atomic E-state index is 7.83. The first-order valence-electron chi connectivity index (χ1n) is 6.91. The Bertz CT molecular complexity index is 215. The molecule has 3 N–H and O–H groups in total. The van der Waals surface area contributed by atoms with Gasteiger partial charge in [-0.3, -0.25) is 5.41 Å². The van der Waals surface area contributed by atoms with E-state index in [-0.39, 0.29) is 12.4 Å². The molecule has 2 saturated carbocycles. The van der Waals surface area contributed by atoms with Gasteiger partial charge in [-0.15, -0.1) is 12.4 Å². The van der Waals surface area contributed by atoms with Gasteiger partial charge in [-0.2, -0.15) is 0 Å². The average molecular weight is 260 g/mol. The van der Waals surface area contributed by atoms with E-state index in [9.17, 15) is 0 Å². The van der Waals surface area contributed by atoms with Crippen LogP contribution >= 0.6 is 12.4 Å². The number of nitrogens with one attached hydrogen (secondary N) is 1. The molecule has 2 aliphatic carbocycles. The van der Waals surface area contributed by atoms with Crippen molar-refractivity contribution >= 4 is 18.4 Å². The molecule has 3 nitrogen and oxygen atoms in total. The maximum Gasteiger partial charge on any atom is 0.188 e. The topological polar surface area (TPSA) is 53.1 Å². The Morgan fingerprint density at radius 1 is 0.824 bits per heavy atom. The molecule has 0 spiro atoms. The summed E-state index contributed by atoms with van der Waals surface area (Å²) in [6.07, 6.45) is 13.0. The number of guanidine groups is 1. The molecule has 17 heavy (non-hydrogen) atoms. The van der Waals surface area contributed by atoms with Gasteiger partial charge >= 0.3 is 0 Å². The molecular weight excluding hydrogens is 234 g/mol. The number of halogens is 1. The van der Waals surface area contributed by atoms with Gasteiger partial charge in [0.25, 0.3) is 0 Å². The van der Waals surface area contributed by atoms with Crippen LogP contribution < -0.4 is 5.73 Å². The zero-order valence-corrected chi connectivity index (χ0v) is 11.5. The number of nitrogens with two attached hydrogens (primary N) is 1. The van der Waals surface area contributed by atoms with Gasteiger partial charge in [-0.25, -0.2) is 0 Å². The van der Waals surface area contributed by atoms with Crippen LogP contribution in [0.1, 0.15) is 64.2 Å². The van der Waals surface area contributed by atoms with Gasteiger partial charge in [-0.1, -0.05) is 38.5 Å². The lowest BCUT2D eigenvalue weighted by Gasteiger charge is -2.42. The molecule has 4 heteroatoms. The highest BCUT2D eigenvalue weighted by molar-refractivity contribution is 5.85. The number of hydrogen-bond acceptors (Lipinski definition) is 1. The predicted octanol–water partition coefficient (Wildman–Crippen LogP) is 3.27. The van der Waals surface area contributed by atoms with Gasteiger partial charge in [0.1, 0.15) is 0 Å². The Kier molecular flexibility index (Phi) is 6.10. The maximum absolute atomic E-state index is 7.83. The van der Waals surface area contributed by atoms with Gasteiger partial charge in [0.15, 0.2) is 5.96 Å². The van der Waals surface area contributed by atoms with Crippen LogP contribution in [0, 0.1) is 5.41 Å². The van der Waals surface area contributed by atoms with E-state index in [0.29, 0.717) is 18.0 Å². The van der Waals surface area contributed by atoms with Crippen molar-refractivity contribution < 1.29 is 0 Å². The molecular formula is C13H26ClN3. The van der Waals surface area contributed by atoms with E-state index >= 15 is 0 Å². The minimum absolute atomic E-state index is 0. The molecule has 0 unspecified atom stereocenters. The fraction of sp³-hybridized carbons (Fsp3) is 0.923. The van der Waals surface area contributed by atoms with Gasteiger partial charge in [0.05, 0.1) is 0 Å².